The molecule has 1 amide bonds. The molecular weight excluding hydrogens is 264 g/mol. The smallest absolute Gasteiger partial charge is 0.258 e. The first-order chi connectivity index (χ1) is 9.10. The van der Waals surface area contributed by atoms with Gasteiger partial charge in [0, 0.05) is 11.2 Å². The van der Waals surface area contributed by atoms with Crippen LogP contribution in [0.15, 0.2) is 24.4 Å². The van der Waals surface area contributed by atoms with Gasteiger partial charge >= 0.3 is 0 Å². The zero-order valence-electron chi connectivity index (χ0n) is 10.6. The van der Waals surface area contributed by atoms with E-state index in [1.165, 1.54) is 6.20 Å². The fourth-order valence-corrected chi connectivity index (χ4v) is 1.79. The first-order valence-corrected chi connectivity index (χ1v) is 6.24. The Morgan fingerprint density at radius 3 is 2.84 bits per heavy atom. The molecule has 98 valence electrons. The quantitative estimate of drug-likeness (QED) is 0.936. The molecule has 0 fully saturated rings. The molecule has 0 aliphatic carbocycles. The van der Waals surface area contributed by atoms with Crippen LogP contribution in [0.3, 0.4) is 0 Å². The lowest BCUT2D eigenvalue weighted by Gasteiger charge is -2.08. The summed E-state index contributed by atoms with van der Waals surface area (Å²) in [7, 11) is 0. The summed E-state index contributed by atoms with van der Waals surface area (Å²) in [5.74, 6) is 0.152. The number of pyridine rings is 1. The van der Waals surface area contributed by atoms with E-state index in [2.05, 4.69) is 20.5 Å². The maximum atomic E-state index is 12.2. The second kappa shape index (κ2) is 5.75. The molecule has 2 aromatic heterocycles. The third-order valence-electron chi connectivity index (χ3n) is 2.54. The van der Waals surface area contributed by atoms with Crippen LogP contribution in [0.2, 0.25) is 5.02 Å². The molecule has 5 nitrogen and oxygen atoms in total. The van der Waals surface area contributed by atoms with Gasteiger partial charge in [-0.15, -0.1) is 0 Å². The van der Waals surface area contributed by atoms with Crippen LogP contribution in [0.5, 0.6) is 0 Å². The summed E-state index contributed by atoms with van der Waals surface area (Å²) in [5.41, 5.74) is 1.86. The Hall–Kier alpha value is -2.01. The molecule has 0 atom stereocenters. The lowest BCUT2D eigenvalue weighted by Crippen LogP contribution is -2.16. The van der Waals surface area contributed by atoms with Gasteiger partial charge in [0.15, 0.2) is 0 Å². The Balaban J connectivity index is 2.27. The van der Waals surface area contributed by atoms with Gasteiger partial charge in [-0.25, -0.2) is 4.98 Å². The normalized spacial score (nSPS) is 10.3. The molecule has 2 aromatic rings. The van der Waals surface area contributed by atoms with E-state index in [0.29, 0.717) is 34.2 Å². The van der Waals surface area contributed by atoms with Crippen molar-refractivity contribution >= 4 is 23.3 Å². The zero-order valence-corrected chi connectivity index (χ0v) is 11.4. The molecule has 0 bridgehead atoms. The number of aryl methyl sites for hydroxylation is 2. The van der Waals surface area contributed by atoms with Crippen LogP contribution in [0, 0.1) is 6.92 Å². The van der Waals surface area contributed by atoms with E-state index in [0.717, 1.165) is 0 Å². The van der Waals surface area contributed by atoms with Gasteiger partial charge in [0.2, 0.25) is 0 Å². The molecular formula is C13H13ClN4O. The van der Waals surface area contributed by atoms with Crippen molar-refractivity contribution in [3.05, 3.63) is 46.4 Å². The molecule has 6 heteroatoms. The Labute approximate surface area is 116 Å². The van der Waals surface area contributed by atoms with Crippen LogP contribution in [0.4, 0.5) is 5.82 Å². The number of hydrogen-bond donors (Lipinski definition) is 1. The average molecular weight is 277 g/mol. The number of aromatic nitrogens is 3. The summed E-state index contributed by atoms with van der Waals surface area (Å²) in [4.78, 5) is 16.2. The van der Waals surface area contributed by atoms with E-state index in [4.69, 9.17) is 11.6 Å². The number of halogens is 1. The largest absolute Gasteiger partial charge is 0.306 e. The number of rotatable bonds is 3. The molecule has 2 rings (SSSR count). The summed E-state index contributed by atoms with van der Waals surface area (Å²) < 4.78 is 0. The second-order valence-corrected chi connectivity index (χ2v) is 4.45. The van der Waals surface area contributed by atoms with Crippen molar-refractivity contribution in [3.63, 3.8) is 0 Å². The summed E-state index contributed by atoms with van der Waals surface area (Å²) in [6.07, 6.45) is 2.17. The minimum absolute atomic E-state index is 0.260. The van der Waals surface area contributed by atoms with Crippen LogP contribution < -0.4 is 5.32 Å². The van der Waals surface area contributed by atoms with Crippen molar-refractivity contribution < 1.29 is 4.79 Å². The fourth-order valence-electron chi connectivity index (χ4n) is 1.63. The summed E-state index contributed by atoms with van der Waals surface area (Å²) in [6, 6.07) is 4.95. The van der Waals surface area contributed by atoms with Gasteiger partial charge in [0.1, 0.15) is 5.82 Å². The van der Waals surface area contributed by atoms with E-state index >= 15 is 0 Å². The minimum atomic E-state index is -0.260. The highest BCUT2D eigenvalue weighted by atomic mass is 35.5. The van der Waals surface area contributed by atoms with E-state index < -0.39 is 0 Å². The van der Waals surface area contributed by atoms with Crippen molar-refractivity contribution in [1.82, 2.24) is 15.2 Å². The minimum Gasteiger partial charge on any atom is -0.306 e. The van der Waals surface area contributed by atoms with Gasteiger partial charge in [-0.05, 0) is 31.5 Å². The average Bonchev–Trinajstić information content (AvgIpc) is 2.38. The summed E-state index contributed by atoms with van der Waals surface area (Å²) in [5, 5.41) is 11.2. The fraction of sp³-hybridized carbons (Fsp3) is 0.231. The van der Waals surface area contributed by atoms with Crippen molar-refractivity contribution in [2.24, 2.45) is 0 Å². The van der Waals surface area contributed by atoms with Gasteiger partial charge < -0.3 is 5.32 Å². The third-order valence-corrected chi connectivity index (χ3v) is 2.77. The number of nitrogens with zero attached hydrogens (tertiary/aromatic N) is 3. The van der Waals surface area contributed by atoms with Crippen LogP contribution in [-0.4, -0.2) is 21.1 Å². The van der Waals surface area contributed by atoms with Crippen molar-refractivity contribution in [3.8, 4) is 0 Å². The molecule has 19 heavy (non-hydrogen) atoms. The Kier molecular flexibility index (Phi) is 4.06. The molecule has 0 aliphatic rings. The predicted octanol–water partition coefficient (Wildman–Crippen LogP) is 2.65. The van der Waals surface area contributed by atoms with Gasteiger partial charge in [0.05, 0.1) is 17.0 Å². The number of carbonyl (C=O) groups excluding carboxylic acids is 1. The predicted molar refractivity (Wildman–Crippen MR) is 73.3 cm³/mol. The lowest BCUT2D eigenvalue weighted by molar-refractivity contribution is 0.102. The lowest BCUT2D eigenvalue weighted by atomic mass is 10.1. The molecule has 0 spiro atoms. The Morgan fingerprint density at radius 2 is 2.16 bits per heavy atom. The van der Waals surface area contributed by atoms with E-state index in [1.807, 2.05) is 6.92 Å². The van der Waals surface area contributed by atoms with E-state index in [-0.39, 0.29) is 5.91 Å². The highest BCUT2D eigenvalue weighted by Crippen LogP contribution is 2.14. The maximum Gasteiger partial charge on any atom is 0.258 e. The Bertz CT molecular complexity index is 615. The van der Waals surface area contributed by atoms with Crippen molar-refractivity contribution in [1.29, 1.82) is 0 Å². The monoisotopic (exact) mass is 276 g/mol. The SMILES string of the molecule is CCc1nnc(C)cc1C(=O)Nc1cc(Cl)ccn1. The Morgan fingerprint density at radius 1 is 1.37 bits per heavy atom. The molecule has 1 N–H and O–H groups in total. The van der Waals surface area contributed by atoms with Crippen molar-refractivity contribution in [2.75, 3.05) is 5.32 Å². The first-order valence-electron chi connectivity index (χ1n) is 5.86. The maximum absolute atomic E-state index is 12.2. The molecule has 2 heterocycles. The van der Waals surface area contributed by atoms with Crippen molar-refractivity contribution in [2.45, 2.75) is 20.3 Å². The van der Waals surface area contributed by atoms with Crippen LogP contribution >= 0.6 is 11.6 Å². The first kappa shape index (κ1) is 13.4. The standard InChI is InChI=1S/C13H13ClN4O/c1-3-11-10(6-8(2)17-18-11)13(19)16-12-7-9(14)4-5-15-12/h4-7H,3H2,1-2H3,(H,15,16,19). The van der Waals surface area contributed by atoms with E-state index in [9.17, 15) is 4.79 Å². The highest BCUT2D eigenvalue weighted by Gasteiger charge is 2.13. The summed E-state index contributed by atoms with van der Waals surface area (Å²) >= 11 is 5.84. The van der Waals surface area contributed by atoms with Gasteiger partial charge in [-0.2, -0.15) is 10.2 Å². The number of carbonyl (C=O) groups is 1. The molecule has 0 aliphatic heterocycles. The summed E-state index contributed by atoms with van der Waals surface area (Å²) in [6.45, 7) is 3.72. The van der Waals surface area contributed by atoms with Crippen LogP contribution in [0.25, 0.3) is 0 Å². The van der Waals surface area contributed by atoms with Crippen LogP contribution in [0.1, 0.15) is 28.7 Å². The topological polar surface area (TPSA) is 67.8 Å². The van der Waals surface area contributed by atoms with Gasteiger partial charge in [0.25, 0.3) is 5.91 Å². The molecule has 0 saturated carbocycles. The molecule has 0 aromatic carbocycles. The molecule has 0 radical (unpaired) electrons. The number of nitrogens with one attached hydrogen (secondary N) is 1. The highest BCUT2D eigenvalue weighted by molar-refractivity contribution is 6.30. The van der Waals surface area contributed by atoms with Crippen LogP contribution in [-0.2, 0) is 6.42 Å². The number of hydrogen-bond acceptors (Lipinski definition) is 4. The number of amides is 1. The molecule has 0 saturated heterocycles. The number of anilines is 1. The van der Waals surface area contributed by atoms with E-state index in [1.54, 1.807) is 25.1 Å². The zero-order chi connectivity index (χ0) is 13.8. The third kappa shape index (κ3) is 3.26. The molecule has 0 unspecified atom stereocenters. The second-order valence-electron chi connectivity index (χ2n) is 4.01. The van der Waals surface area contributed by atoms with Gasteiger partial charge in [-0.3, -0.25) is 4.79 Å². The van der Waals surface area contributed by atoms with Gasteiger partial charge in [-0.1, -0.05) is 18.5 Å².